The van der Waals surface area contributed by atoms with Crippen molar-refractivity contribution in [3.05, 3.63) is 58.6 Å². The quantitative estimate of drug-likeness (QED) is 0.734. The predicted molar refractivity (Wildman–Crippen MR) is 91.5 cm³/mol. The summed E-state index contributed by atoms with van der Waals surface area (Å²) in [5.74, 6) is 0. The van der Waals surface area contributed by atoms with E-state index >= 15 is 0 Å². The Morgan fingerprint density at radius 1 is 0.762 bits per heavy atom. The summed E-state index contributed by atoms with van der Waals surface area (Å²) in [6.07, 6.45) is 4.89. The molecule has 0 aliphatic carbocycles. The zero-order valence-electron chi connectivity index (χ0n) is 12.2. The Kier molecular flexibility index (Phi) is 4.66. The first kappa shape index (κ1) is 14.3. The Hall–Kier alpha value is -1.67. The number of nitrogens with one attached hydrogen (secondary N) is 2. The minimum absolute atomic E-state index is 0.840. The molecule has 0 unspecified atom stereocenters. The second kappa shape index (κ2) is 6.86. The van der Waals surface area contributed by atoms with Crippen molar-refractivity contribution in [3.8, 4) is 0 Å². The van der Waals surface area contributed by atoms with Crippen LogP contribution in [0.1, 0.15) is 24.0 Å². The second-order valence-corrected chi connectivity index (χ2v) is 5.96. The highest BCUT2D eigenvalue weighted by molar-refractivity contribution is 6.30. The van der Waals surface area contributed by atoms with Crippen LogP contribution in [0.4, 0.5) is 11.4 Å². The molecule has 4 rings (SSSR count). The summed E-state index contributed by atoms with van der Waals surface area (Å²) in [5, 5.41) is 7.53. The summed E-state index contributed by atoms with van der Waals surface area (Å²) in [6, 6.07) is 14.6. The van der Waals surface area contributed by atoms with Crippen LogP contribution in [-0.4, -0.2) is 13.1 Å². The molecular formula is C18H21ClN2. The van der Waals surface area contributed by atoms with Gasteiger partial charge >= 0.3 is 0 Å². The molecule has 110 valence electrons. The largest absolute Gasteiger partial charge is 0.385 e. The summed E-state index contributed by atoms with van der Waals surface area (Å²) in [5.41, 5.74) is 5.40. The SMILES string of the molecule is Clc1ccc2c(c1)CCCN2.c1ccc2c(c1)CCCN2. The van der Waals surface area contributed by atoms with Crippen molar-refractivity contribution < 1.29 is 0 Å². The molecule has 0 spiro atoms. The average Bonchev–Trinajstić information content (AvgIpc) is 2.55. The first-order valence-electron chi connectivity index (χ1n) is 7.67. The Labute approximate surface area is 131 Å². The van der Waals surface area contributed by atoms with Crippen molar-refractivity contribution in [2.45, 2.75) is 25.7 Å². The van der Waals surface area contributed by atoms with Crippen LogP contribution in [0.25, 0.3) is 0 Å². The van der Waals surface area contributed by atoms with Crippen molar-refractivity contribution in [2.24, 2.45) is 0 Å². The fourth-order valence-electron chi connectivity index (χ4n) is 2.86. The van der Waals surface area contributed by atoms with E-state index < -0.39 is 0 Å². The average molecular weight is 301 g/mol. The van der Waals surface area contributed by atoms with Crippen LogP contribution < -0.4 is 10.6 Å². The molecule has 0 radical (unpaired) electrons. The zero-order chi connectivity index (χ0) is 14.5. The first-order chi connectivity index (χ1) is 10.3. The number of halogens is 1. The van der Waals surface area contributed by atoms with Gasteiger partial charge in [0.25, 0.3) is 0 Å². The third-order valence-electron chi connectivity index (χ3n) is 3.96. The second-order valence-electron chi connectivity index (χ2n) is 5.52. The number of hydrogen-bond donors (Lipinski definition) is 2. The van der Waals surface area contributed by atoms with E-state index in [-0.39, 0.29) is 0 Å². The maximum absolute atomic E-state index is 5.85. The molecule has 21 heavy (non-hydrogen) atoms. The lowest BCUT2D eigenvalue weighted by molar-refractivity contribution is 0.830. The normalized spacial score (nSPS) is 15.5. The van der Waals surface area contributed by atoms with Crippen molar-refractivity contribution in [1.29, 1.82) is 0 Å². The van der Waals surface area contributed by atoms with Gasteiger partial charge in [-0.15, -0.1) is 0 Å². The molecule has 0 fully saturated rings. The molecule has 2 N–H and O–H groups in total. The molecule has 2 heterocycles. The van der Waals surface area contributed by atoms with Gasteiger partial charge in [0.2, 0.25) is 0 Å². The minimum Gasteiger partial charge on any atom is -0.385 e. The number of fused-ring (bicyclic) bond motifs is 2. The van der Waals surface area contributed by atoms with E-state index in [1.54, 1.807) is 0 Å². The summed E-state index contributed by atoms with van der Waals surface area (Å²) >= 11 is 5.85. The van der Waals surface area contributed by atoms with E-state index in [4.69, 9.17) is 11.6 Å². The molecule has 0 bridgehead atoms. The van der Waals surface area contributed by atoms with Crippen molar-refractivity contribution in [3.63, 3.8) is 0 Å². The standard InChI is InChI=1S/C9H10ClN.C9H11N/c10-8-3-4-9-7(6-8)2-1-5-11-9;1-2-6-9-8(4-1)5-3-7-10-9/h3-4,6,11H,1-2,5H2;1-2,4,6,10H,3,5,7H2. The summed E-state index contributed by atoms with van der Waals surface area (Å²) in [6.45, 7) is 2.23. The summed E-state index contributed by atoms with van der Waals surface area (Å²) < 4.78 is 0. The van der Waals surface area contributed by atoms with E-state index in [0.717, 1.165) is 24.5 Å². The Morgan fingerprint density at radius 3 is 2.19 bits per heavy atom. The fraction of sp³-hybridized carbons (Fsp3) is 0.333. The highest BCUT2D eigenvalue weighted by Gasteiger charge is 2.07. The van der Waals surface area contributed by atoms with Crippen LogP contribution >= 0.6 is 11.6 Å². The number of hydrogen-bond acceptors (Lipinski definition) is 2. The van der Waals surface area contributed by atoms with Crippen molar-refractivity contribution in [2.75, 3.05) is 23.7 Å². The van der Waals surface area contributed by atoms with Gasteiger partial charge in [-0.2, -0.15) is 0 Å². The maximum atomic E-state index is 5.85. The Balaban J connectivity index is 0.000000126. The molecule has 2 aromatic carbocycles. The van der Waals surface area contributed by atoms with E-state index in [1.807, 2.05) is 12.1 Å². The van der Waals surface area contributed by atoms with Gasteiger partial charge in [0, 0.05) is 29.5 Å². The molecule has 2 nitrogen and oxygen atoms in total. The van der Waals surface area contributed by atoms with Gasteiger partial charge in [-0.05, 0) is 61.1 Å². The lowest BCUT2D eigenvalue weighted by Gasteiger charge is -2.17. The third-order valence-corrected chi connectivity index (χ3v) is 4.20. The van der Waals surface area contributed by atoms with Crippen LogP contribution in [0.3, 0.4) is 0 Å². The van der Waals surface area contributed by atoms with Crippen LogP contribution in [-0.2, 0) is 12.8 Å². The smallest absolute Gasteiger partial charge is 0.0410 e. The van der Waals surface area contributed by atoms with E-state index in [0.29, 0.717) is 0 Å². The number of aryl methyl sites for hydroxylation is 2. The van der Waals surface area contributed by atoms with E-state index in [2.05, 4.69) is 41.0 Å². The number of rotatable bonds is 0. The predicted octanol–water partition coefficient (Wildman–Crippen LogP) is 4.74. The van der Waals surface area contributed by atoms with E-state index in [9.17, 15) is 0 Å². The number of benzene rings is 2. The molecule has 0 saturated carbocycles. The van der Waals surface area contributed by atoms with Crippen molar-refractivity contribution in [1.82, 2.24) is 0 Å². The van der Waals surface area contributed by atoms with Gasteiger partial charge < -0.3 is 10.6 Å². The van der Waals surface area contributed by atoms with Gasteiger partial charge in [-0.3, -0.25) is 0 Å². The fourth-order valence-corrected chi connectivity index (χ4v) is 3.05. The maximum Gasteiger partial charge on any atom is 0.0410 e. The van der Waals surface area contributed by atoms with Gasteiger partial charge in [0.05, 0.1) is 0 Å². The minimum atomic E-state index is 0.840. The molecule has 0 aromatic heterocycles. The first-order valence-corrected chi connectivity index (χ1v) is 8.05. The van der Waals surface area contributed by atoms with Crippen LogP contribution in [0.2, 0.25) is 5.02 Å². The Bertz CT molecular complexity index is 585. The summed E-state index contributed by atoms with van der Waals surface area (Å²) in [7, 11) is 0. The monoisotopic (exact) mass is 300 g/mol. The highest BCUT2D eigenvalue weighted by Crippen LogP contribution is 2.24. The van der Waals surface area contributed by atoms with Crippen molar-refractivity contribution >= 4 is 23.0 Å². The van der Waals surface area contributed by atoms with Gasteiger partial charge in [0.1, 0.15) is 0 Å². The van der Waals surface area contributed by atoms with E-state index in [1.165, 1.54) is 41.8 Å². The van der Waals surface area contributed by atoms with Crippen LogP contribution in [0, 0.1) is 0 Å². The number of para-hydroxylation sites is 1. The highest BCUT2D eigenvalue weighted by atomic mass is 35.5. The number of anilines is 2. The molecule has 0 amide bonds. The molecule has 2 aliphatic rings. The van der Waals surface area contributed by atoms with Gasteiger partial charge in [-0.25, -0.2) is 0 Å². The third kappa shape index (κ3) is 3.70. The molecule has 0 saturated heterocycles. The molecule has 2 aromatic rings. The molecule has 2 aliphatic heterocycles. The molecular weight excluding hydrogens is 280 g/mol. The van der Waals surface area contributed by atoms with Gasteiger partial charge in [-0.1, -0.05) is 29.8 Å². The van der Waals surface area contributed by atoms with Crippen LogP contribution in [0.5, 0.6) is 0 Å². The Morgan fingerprint density at radius 2 is 1.43 bits per heavy atom. The zero-order valence-corrected chi connectivity index (χ0v) is 12.9. The van der Waals surface area contributed by atoms with Gasteiger partial charge in [0.15, 0.2) is 0 Å². The topological polar surface area (TPSA) is 24.1 Å². The summed E-state index contributed by atoms with van der Waals surface area (Å²) in [4.78, 5) is 0. The lowest BCUT2D eigenvalue weighted by Crippen LogP contribution is -2.11. The lowest BCUT2D eigenvalue weighted by atomic mass is 10.0. The molecule has 0 atom stereocenters. The van der Waals surface area contributed by atoms with Crippen LogP contribution in [0.15, 0.2) is 42.5 Å². The molecule has 3 heteroatoms.